The smallest absolute Gasteiger partial charge is 0.318 e. The lowest BCUT2D eigenvalue weighted by molar-refractivity contribution is -0.122. The van der Waals surface area contributed by atoms with E-state index < -0.39 is 6.55 Å². The quantitative estimate of drug-likeness (QED) is 0.861. The highest BCUT2D eigenvalue weighted by Crippen LogP contribution is 2.15. The van der Waals surface area contributed by atoms with Crippen LogP contribution in [0.2, 0.25) is 0 Å². The predicted octanol–water partition coefficient (Wildman–Crippen LogP) is 1.64. The number of amides is 1. The average molecular weight is 257 g/mol. The number of hydrogen-bond donors (Lipinski definition) is 2. The van der Waals surface area contributed by atoms with Crippen LogP contribution in [0.1, 0.15) is 31.5 Å². The summed E-state index contributed by atoms with van der Waals surface area (Å²) in [6.07, 6.45) is 4.03. The van der Waals surface area contributed by atoms with E-state index in [2.05, 4.69) is 10.6 Å². The van der Waals surface area contributed by atoms with Gasteiger partial charge in [0.05, 0.1) is 6.04 Å². The molecule has 2 rings (SSSR count). The molecule has 2 N–H and O–H groups in total. The van der Waals surface area contributed by atoms with E-state index in [1.807, 2.05) is 0 Å². The number of carbonyl (C=O) groups is 1. The van der Waals surface area contributed by atoms with Gasteiger partial charge in [0, 0.05) is 25.0 Å². The maximum absolute atomic E-state index is 12.6. The first-order valence-corrected chi connectivity index (χ1v) is 6.13. The van der Waals surface area contributed by atoms with Gasteiger partial charge < -0.3 is 10.6 Å². The third kappa shape index (κ3) is 3.07. The van der Waals surface area contributed by atoms with Crippen LogP contribution in [0.25, 0.3) is 0 Å². The van der Waals surface area contributed by atoms with E-state index in [1.165, 1.54) is 6.20 Å². The highest BCUT2D eigenvalue weighted by Gasteiger charge is 2.20. The van der Waals surface area contributed by atoms with Crippen LogP contribution in [0.5, 0.6) is 0 Å². The molecule has 2 heterocycles. The molecule has 1 amide bonds. The Morgan fingerprint density at radius 2 is 2.33 bits per heavy atom. The summed E-state index contributed by atoms with van der Waals surface area (Å²) in [5, 5.41) is 5.85. The molecule has 4 nitrogen and oxygen atoms in total. The van der Waals surface area contributed by atoms with Crippen LogP contribution >= 0.6 is 0 Å². The van der Waals surface area contributed by atoms with E-state index in [4.69, 9.17) is 0 Å². The molecule has 1 fully saturated rings. The predicted molar refractivity (Wildman–Crippen MR) is 63.2 cm³/mol. The van der Waals surface area contributed by atoms with Crippen molar-refractivity contribution in [2.75, 3.05) is 6.54 Å². The van der Waals surface area contributed by atoms with Crippen molar-refractivity contribution in [3.05, 3.63) is 24.0 Å². The number of carbonyl (C=O) groups excluding carboxylic acids is 1. The SMILES string of the molecule is O=C1NCCCCC1NCc1cccn1C(F)F. The van der Waals surface area contributed by atoms with Crippen LogP contribution in [-0.2, 0) is 11.3 Å². The topological polar surface area (TPSA) is 46.1 Å². The minimum Gasteiger partial charge on any atom is -0.355 e. The summed E-state index contributed by atoms with van der Waals surface area (Å²) in [7, 11) is 0. The molecule has 0 radical (unpaired) electrons. The standard InChI is InChI=1S/C12H17F2N3O/c13-12(14)17-7-3-4-9(17)8-16-10-5-1-2-6-15-11(10)18/h3-4,7,10,12,16H,1-2,5-6,8H2,(H,15,18). The van der Waals surface area contributed by atoms with Gasteiger partial charge in [-0.15, -0.1) is 0 Å². The summed E-state index contributed by atoms with van der Waals surface area (Å²) in [5.74, 6) is -0.0392. The van der Waals surface area contributed by atoms with E-state index in [9.17, 15) is 13.6 Å². The summed E-state index contributed by atoms with van der Waals surface area (Å²) in [6.45, 7) is -1.57. The van der Waals surface area contributed by atoms with Crippen LogP contribution in [0.3, 0.4) is 0 Å². The Labute approximate surface area is 104 Å². The van der Waals surface area contributed by atoms with Crippen molar-refractivity contribution in [2.24, 2.45) is 0 Å². The van der Waals surface area contributed by atoms with Crippen molar-refractivity contribution < 1.29 is 13.6 Å². The summed E-state index contributed by atoms with van der Waals surface area (Å²) in [4.78, 5) is 11.7. The van der Waals surface area contributed by atoms with Crippen LogP contribution < -0.4 is 10.6 Å². The van der Waals surface area contributed by atoms with Crippen LogP contribution in [0.15, 0.2) is 18.3 Å². The molecule has 0 aliphatic carbocycles. The fourth-order valence-corrected chi connectivity index (χ4v) is 2.13. The molecule has 6 heteroatoms. The second-order valence-electron chi connectivity index (χ2n) is 4.40. The highest BCUT2D eigenvalue weighted by atomic mass is 19.3. The zero-order valence-electron chi connectivity index (χ0n) is 10.0. The van der Waals surface area contributed by atoms with E-state index >= 15 is 0 Å². The molecular weight excluding hydrogens is 240 g/mol. The summed E-state index contributed by atoms with van der Waals surface area (Å²) in [5.41, 5.74) is 0.488. The Kier molecular flexibility index (Phi) is 4.30. The van der Waals surface area contributed by atoms with Crippen LogP contribution in [-0.4, -0.2) is 23.1 Å². The van der Waals surface area contributed by atoms with Gasteiger partial charge in [0.2, 0.25) is 5.91 Å². The van der Waals surface area contributed by atoms with Gasteiger partial charge in [-0.1, -0.05) is 0 Å². The van der Waals surface area contributed by atoms with Crippen molar-refractivity contribution in [2.45, 2.75) is 38.4 Å². The molecule has 18 heavy (non-hydrogen) atoms. The first-order valence-electron chi connectivity index (χ1n) is 6.13. The largest absolute Gasteiger partial charge is 0.355 e. The monoisotopic (exact) mass is 257 g/mol. The second-order valence-corrected chi connectivity index (χ2v) is 4.40. The first kappa shape index (κ1) is 13.0. The van der Waals surface area contributed by atoms with Crippen molar-refractivity contribution in [3.8, 4) is 0 Å². The minimum atomic E-state index is -2.54. The third-order valence-electron chi connectivity index (χ3n) is 3.14. The molecule has 1 aliphatic heterocycles. The van der Waals surface area contributed by atoms with E-state index in [0.717, 1.165) is 23.8 Å². The van der Waals surface area contributed by atoms with Crippen molar-refractivity contribution in [3.63, 3.8) is 0 Å². The molecule has 1 atom stereocenters. The zero-order valence-corrected chi connectivity index (χ0v) is 10.0. The summed E-state index contributed by atoms with van der Waals surface area (Å²) in [6, 6.07) is 2.93. The Bertz CT molecular complexity index is 406. The lowest BCUT2D eigenvalue weighted by atomic mass is 10.1. The first-order chi connectivity index (χ1) is 8.68. The number of nitrogens with one attached hydrogen (secondary N) is 2. The van der Waals surface area contributed by atoms with Gasteiger partial charge in [0.1, 0.15) is 0 Å². The fourth-order valence-electron chi connectivity index (χ4n) is 2.13. The average Bonchev–Trinajstić information content (AvgIpc) is 2.71. The lowest BCUT2D eigenvalue weighted by Crippen LogP contribution is -2.42. The number of rotatable bonds is 4. The molecule has 1 unspecified atom stereocenters. The summed E-state index contributed by atoms with van der Waals surface area (Å²) < 4.78 is 26.2. The van der Waals surface area contributed by atoms with E-state index in [0.29, 0.717) is 12.2 Å². The molecule has 0 saturated carbocycles. The van der Waals surface area contributed by atoms with Crippen molar-refractivity contribution in [1.82, 2.24) is 15.2 Å². The van der Waals surface area contributed by atoms with Gasteiger partial charge in [-0.3, -0.25) is 9.36 Å². The van der Waals surface area contributed by atoms with Gasteiger partial charge in [-0.2, -0.15) is 8.78 Å². The van der Waals surface area contributed by atoms with E-state index in [1.54, 1.807) is 12.1 Å². The van der Waals surface area contributed by atoms with Gasteiger partial charge >= 0.3 is 6.55 Å². The molecule has 1 aromatic heterocycles. The van der Waals surface area contributed by atoms with Gasteiger partial charge in [-0.25, -0.2) is 0 Å². The maximum atomic E-state index is 12.6. The molecule has 1 aliphatic rings. The fraction of sp³-hybridized carbons (Fsp3) is 0.583. The summed E-state index contributed by atoms with van der Waals surface area (Å²) >= 11 is 0. The molecule has 100 valence electrons. The molecule has 1 aromatic rings. The number of aromatic nitrogens is 1. The molecule has 0 aromatic carbocycles. The van der Waals surface area contributed by atoms with Gasteiger partial charge in [0.25, 0.3) is 0 Å². The minimum absolute atomic E-state index is 0.0392. The maximum Gasteiger partial charge on any atom is 0.318 e. The zero-order chi connectivity index (χ0) is 13.0. The normalized spacial score (nSPS) is 20.8. The molecule has 0 bridgehead atoms. The number of hydrogen-bond acceptors (Lipinski definition) is 2. The Hall–Kier alpha value is -1.43. The van der Waals surface area contributed by atoms with Crippen LogP contribution in [0.4, 0.5) is 8.78 Å². The van der Waals surface area contributed by atoms with Gasteiger partial charge in [-0.05, 0) is 31.4 Å². The number of nitrogens with zero attached hydrogens (tertiary/aromatic N) is 1. The number of alkyl halides is 2. The Morgan fingerprint density at radius 3 is 3.11 bits per heavy atom. The molecular formula is C12H17F2N3O. The van der Waals surface area contributed by atoms with Crippen LogP contribution in [0, 0.1) is 0 Å². The lowest BCUT2D eigenvalue weighted by Gasteiger charge is -2.16. The van der Waals surface area contributed by atoms with Crippen molar-refractivity contribution in [1.29, 1.82) is 0 Å². The highest BCUT2D eigenvalue weighted by molar-refractivity contribution is 5.81. The van der Waals surface area contributed by atoms with Crippen molar-refractivity contribution >= 4 is 5.91 Å². The number of halogens is 2. The second kappa shape index (κ2) is 5.95. The third-order valence-corrected chi connectivity index (χ3v) is 3.14. The van der Waals surface area contributed by atoms with E-state index in [-0.39, 0.29) is 18.5 Å². The Balaban J connectivity index is 1.93. The molecule has 0 spiro atoms. The molecule has 1 saturated heterocycles. The Morgan fingerprint density at radius 1 is 1.50 bits per heavy atom. The van der Waals surface area contributed by atoms with Gasteiger partial charge in [0.15, 0.2) is 0 Å².